The number of nitrogens with zero attached hydrogens (tertiary/aromatic N) is 7. The first kappa shape index (κ1) is 26.9. The molecule has 1 saturated carbocycles. The molecule has 6 rings (SSSR count). The monoisotopic (exact) mass is 556 g/mol. The molecule has 2 fully saturated rings. The van der Waals surface area contributed by atoms with Crippen LogP contribution in [0.2, 0.25) is 0 Å². The fourth-order valence-electron chi connectivity index (χ4n) is 5.72. The number of fused-ring (bicyclic) bond motifs is 2. The third-order valence-electron chi connectivity index (χ3n) is 7.61. The summed E-state index contributed by atoms with van der Waals surface area (Å²) in [7, 11) is 0. The Morgan fingerprint density at radius 3 is 2.44 bits per heavy atom. The molecule has 0 radical (unpaired) electrons. The lowest BCUT2D eigenvalue weighted by molar-refractivity contribution is 0.0114. The molecule has 2 aliphatic rings. The topological polar surface area (TPSA) is 118 Å². The summed E-state index contributed by atoms with van der Waals surface area (Å²) in [5.74, 6) is 0.142. The Hall–Kier alpha value is -4.28. The number of hydrogen-bond acceptors (Lipinski definition) is 8. The molecule has 1 N–H and O–H groups in total. The largest absolute Gasteiger partial charge is 0.444 e. The summed E-state index contributed by atoms with van der Waals surface area (Å²) >= 11 is 0. The number of imidazole rings is 1. The van der Waals surface area contributed by atoms with E-state index in [1.165, 1.54) is 0 Å². The second-order valence-electron chi connectivity index (χ2n) is 12.0. The lowest BCUT2D eigenvalue weighted by atomic mass is 10.0. The minimum atomic E-state index is -0.515. The highest BCUT2D eigenvalue weighted by atomic mass is 16.6. The number of anilines is 2. The molecule has 1 aliphatic heterocycles. The second-order valence-corrected chi connectivity index (χ2v) is 12.0. The number of benzene rings is 1. The molecular formula is C30H36N8O3. The molecule has 0 unspecified atom stereocenters. The Kier molecular flexibility index (Phi) is 6.75. The minimum absolute atomic E-state index is 0.151. The lowest BCUT2D eigenvalue weighted by Gasteiger charge is -2.40. The van der Waals surface area contributed by atoms with Crippen LogP contribution in [0.3, 0.4) is 0 Å². The fourth-order valence-corrected chi connectivity index (χ4v) is 5.72. The van der Waals surface area contributed by atoms with Crippen molar-refractivity contribution in [3.63, 3.8) is 0 Å². The molecule has 1 aliphatic carbocycles. The molecular weight excluding hydrogens is 520 g/mol. The Bertz CT molecular complexity index is 1630. The van der Waals surface area contributed by atoms with Gasteiger partial charge in [0.1, 0.15) is 11.1 Å². The summed E-state index contributed by atoms with van der Waals surface area (Å²) in [4.78, 5) is 39.7. The van der Waals surface area contributed by atoms with Gasteiger partial charge in [-0.2, -0.15) is 5.10 Å². The number of nitrogens with one attached hydrogen (secondary N) is 1. The number of hydrogen-bond donors (Lipinski definition) is 1. The van der Waals surface area contributed by atoms with E-state index in [1.807, 2.05) is 62.2 Å². The van der Waals surface area contributed by atoms with Crippen LogP contribution in [0.1, 0.15) is 68.2 Å². The van der Waals surface area contributed by atoms with Gasteiger partial charge in [-0.3, -0.25) is 9.78 Å². The van der Waals surface area contributed by atoms with Gasteiger partial charge in [-0.05, 0) is 78.5 Å². The number of aryl methyl sites for hydroxylation is 2. The van der Waals surface area contributed by atoms with Gasteiger partial charge < -0.3 is 24.3 Å². The van der Waals surface area contributed by atoms with Crippen molar-refractivity contribution in [1.82, 2.24) is 29.5 Å². The maximum atomic E-state index is 13.4. The van der Waals surface area contributed by atoms with E-state index in [2.05, 4.69) is 30.4 Å². The standard InChI is InChI=1S/C30H36N8O3/c1-18-16-37-17-25(33-27(37)19(2)32-18)34-28(39)23-8-9-24(22-10-13-31-35-26(22)23)36-14-11-21(12-15-36)38(20-6-7-20)29(40)41-30(3,4)5/h8-10,13,16-17,20-21H,6-7,11-12,14-15H2,1-5H3,(H,34,39). The fraction of sp³-hybridized carbons (Fsp3) is 0.467. The van der Waals surface area contributed by atoms with Crippen LogP contribution in [0, 0.1) is 13.8 Å². The highest BCUT2D eigenvalue weighted by Gasteiger charge is 2.40. The molecule has 2 amide bonds. The van der Waals surface area contributed by atoms with Crippen LogP contribution in [-0.4, -0.2) is 72.2 Å². The van der Waals surface area contributed by atoms with Crippen LogP contribution in [0.25, 0.3) is 16.6 Å². The second kappa shape index (κ2) is 10.3. The first-order valence-corrected chi connectivity index (χ1v) is 14.2. The first-order chi connectivity index (χ1) is 19.6. The van der Waals surface area contributed by atoms with Crippen molar-refractivity contribution in [3.05, 3.63) is 53.7 Å². The van der Waals surface area contributed by atoms with E-state index in [4.69, 9.17) is 4.74 Å². The highest BCUT2D eigenvalue weighted by molar-refractivity contribution is 6.13. The van der Waals surface area contributed by atoms with Crippen molar-refractivity contribution in [2.24, 2.45) is 0 Å². The zero-order valence-electron chi connectivity index (χ0n) is 24.2. The van der Waals surface area contributed by atoms with Crippen LogP contribution in [0.5, 0.6) is 0 Å². The average molecular weight is 557 g/mol. The zero-order valence-corrected chi connectivity index (χ0v) is 24.2. The third-order valence-corrected chi connectivity index (χ3v) is 7.61. The van der Waals surface area contributed by atoms with Crippen molar-refractivity contribution in [1.29, 1.82) is 0 Å². The van der Waals surface area contributed by atoms with Gasteiger partial charge in [0.2, 0.25) is 0 Å². The summed E-state index contributed by atoms with van der Waals surface area (Å²) in [5, 5.41) is 12.2. The molecule has 4 aromatic rings. The summed E-state index contributed by atoms with van der Waals surface area (Å²) in [6.07, 6.45) is 8.87. The van der Waals surface area contributed by atoms with Crippen molar-refractivity contribution < 1.29 is 14.3 Å². The van der Waals surface area contributed by atoms with Gasteiger partial charge >= 0.3 is 6.09 Å². The summed E-state index contributed by atoms with van der Waals surface area (Å²) in [6.45, 7) is 11.1. The molecule has 214 valence electrons. The minimum Gasteiger partial charge on any atom is -0.444 e. The maximum absolute atomic E-state index is 13.4. The van der Waals surface area contributed by atoms with Crippen molar-refractivity contribution in [3.8, 4) is 0 Å². The van der Waals surface area contributed by atoms with E-state index in [9.17, 15) is 9.59 Å². The Morgan fingerprint density at radius 1 is 1.00 bits per heavy atom. The maximum Gasteiger partial charge on any atom is 0.410 e. The highest BCUT2D eigenvalue weighted by Crippen LogP contribution is 2.36. The summed E-state index contributed by atoms with van der Waals surface area (Å²) in [6, 6.07) is 6.12. The Balaban J connectivity index is 1.20. The van der Waals surface area contributed by atoms with Gasteiger partial charge in [-0.1, -0.05) is 0 Å². The molecule has 4 heterocycles. The van der Waals surface area contributed by atoms with Gasteiger partial charge in [-0.25, -0.2) is 9.78 Å². The number of carbonyl (C=O) groups is 2. The molecule has 11 heteroatoms. The predicted octanol–water partition coefficient (Wildman–Crippen LogP) is 4.91. The number of aromatic nitrogens is 5. The Labute approximate surface area is 238 Å². The molecule has 11 nitrogen and oxygen atoms in total. The van der Waals surface area contributed by atoms with Crippen LogP contribution in [-0.2, 0) is 4.74 Å². The first-order valence-electron chi connectivity index (χ1n) is 14.2. The van der Waals surface area contributed by atoms with E-state index in [0.29, 0.717) is 22.5 Å². The van der Waals surface area contributed by atoms with Gasteiger partial charge in [0, 0.05) is 42.4 Å². The Morgan fingerprint density at radius 2 is 1.73 bits per heavy atom. The summed E-state index contributed by atoms with van der Waals surface area (Å²) < 4.78 is 7.61. The number of piperidine rings is 1. The number of amides is 2. The van der Waals surface area contributed by atoms with E-state index < -0.39 is 5.60 Å². The average Bonchev–Trinajstić information content (AvgIpc) is 3.66. The van der Waals surface area contributed by atoms with Gasteiger partial charge in [-0.15, -0.1) is 5.10 Å². The van der Waals surface area contributed by atoms with Gasteiger partial charge in [0.15, 0.2) is 11.5 Å². The van der Waals surface area contributed by atoms with E-state index >= 15 is 0 Å². The molecule has 0 spiro atoms. The van der Waals surface area contributed by atoms with Gasteiger partial charge in [0.05, 0.1) is 29.3 Å². The van der Waals surface area contributed by atoms with Gasteiger partial charge in [0.25, 0.3) is 5.91 Å². The summed E-state index contributed by atoms with van der Waals surface area (Å²) in [5.41, 5.74) is 3.82. The van der Waals surface area contributed by atoms with E-state index in [-0.39, 0.29) is 24.1 Å². The van der Waals surface area contributed by atoms with Crippen molar-refractivity contribution in [2.75, 3.05) is 23.3 Å². The van der Waals surface area contributed by atoms with E-state index in [0.717, 1.165) is 61.2 Å². The molecule has 3 aromatic heterocycles. The van der Waals surface area contributed by atoms with Crippen molar-refractivity contribution in [2.45, 2.75) is 78.0 Å². The smallest absolute Gasteiger partial charge is 0.410 e. The molecule has 0 bridgehead atoms. The van der Waals surface area contributed by atoms with E-state index in [1.54, 1.807) is 18.5 Å². The molecule has 1 aromatic carbocycles. The molecule has 1 saturated heterocycles. The number of rotatable bonds is 5. The number of carbonyl (C=O) groups excluding carboxylic acids is 2. The third kappa shape index (κ3) is 5.53. The zero-order chi connectivity index (χ0) is 28.9. The number of ether oxygens (including phenoxy) is 1. The van der Waals surface area contributed by atoms with Crippen LogP contribution < -0.4 is 10.2 Å². The molecule has 41 heavy (non-hydrogen) atoms. The van der Waals surface area contributed by atoms with Crippen LogP contribution in [0.4, 0.5) is 16.3 Å². The SMILES string of the molecule is Cc1cn2cc(NC(=O)c3ccc(N4CCC(N(C(=O)OC(C)(C)C)C5CC5)CC4)c4ccnnc34)nc2c(C)n1. The quantitative estimate of drug-likeness (QED) is 0.368. The van der Waals surface area contributed by atoms with Crippen molar-refractivity contribution >= 4 is 40.1 Å². The molecule has 0 atom stereocenters. The lowest BCUT2D eigenvalue weighted by Crippen LogP contribution is -2.50. The van der Waals surface area contributed by atoms with Crippen LogP contribution >= 0.6 is 0 Å². The predicted molar refractivity (Wildman–Crippen MR) is 156 cm³/mol. The normalized spacial score (nSPS) is 16.3. The van der Waals surface area contributed by atoms with Crippen LogP contribution in [0.15, 0.2) is 36.8 Å².